The third kappa shape index (κ3) is 7.84. The fraction of sp³-hybridized carbons (Fsp3) is 0.607. The van der Waals surface area contributed by atoms with Gasteiger partial charge in [-0.3, -0.25) is 0 Å². The number of nitrogens with zero attached hydrogens (tertiary/aromatic N) is 1. The molecule has 0 heterocycles. The molecule has 0 amide bonds. The van der Waals surface area contributed by atoms with Crippen molar-refractivity contribution < 1.29 is 13.2 Å². The van der Waals surface area contributed by atoms with Crippen LogP contribution in [0.4, 0.5) is 13.2 Å². The van der Waals surface area contributed by atoms with Gasteiger partial charge in [-0.05, 0) is 92.7 Å². The number of rotatable bonds is 8. The van der Waals surface area contributed by atoms with Gasteiger partial charge in [-0.1, -0.05) is 56.0 Å². The van der Waals surface area contributed by atoms with Crippen molar-refractivity contribution in [2.75, 3.05) is 0 Å². The summed E-state index contributed by atoms with van der Waals surface area (Å²) in [7, 11) is 0. The summed E-state index contributed by atoms with van der Waals surface area (Å²) in [6.45, 7) is 0. The van der Waals surface area contributed by atoms with Crippen LogP contribution in [-0.2, 0) is 6.18 Å². The monoisotopic (exact) mass is 443 g/mol. The predicted octanol–water partition coefficient (Wildman–Crippen LogP) is 8.98. The van der Waals surface area contributed by atoms with Gasteiger partial charge in [-0.25, -0.2) is 0 Å². The second kappa shape index (κ2) is 12.3. The molecule has 4 heteroatoms. The zero-order valence-corrected chi connectivity index (χ0v) is 19.0. The molecule has 1 aromatic rings. The summed E-state index contributed by atoms with van der Waals surface area (Å²) in [6, 6.07) is 7.84. The van der Waals surface area contributed by atoms with Crippen LogP contribution in [0.3, 0.4) is 0 Å². The maximum Gasteiger partial charge on any atom is 0.416 e. The van der Waals surface area contributed by atoms with Gasteiger partial charge >= 0.3 is 6.18 Å². The van der Waals surface area contributed by atoms with E-state index in [1.54, 1.807) is 12.1 Å². The maximum atomic E-state index is 12.8. The van der Waals surface area contributed by atoms with E-state index in [1.807, 2.05) is 18.2 Å². The molecular formula is C28H36F3N. The molecule has 0 radical (unpaired) electrons. The molecule has 2 aliphatic carbocycles. The highest BCUT2D eigenvalue weighted by molar-refractivity contribution is 5.27. The number of halogens is 3. The maximum absolute atomic E-state index is 12.8. The molecule has 3 rings (SSSR count). The third-order valence-corrected chi connectivity index (χ3v) is 7.59. The van der Waals surface area contributed by atoms with Crippen LogP contribution in [0, 0.1) is 29.1 Å². The van der Waals surface area contributed by atoms with Gasteiger partial charge in [0.15, 0.2) is 0 Å². The van der Waals surface area contributed by atoms with Crippen molar-refractivity contribution in [2.45, 2.75) is 89.1 Å². The number of hydrogen-bond donors (Lipinski definition) is 0. The largest absolute Gasteiger partial charge is 0.416 e. The lowest BCUT2D eigenvalue weighted by Crippen LogP contribution is -2.15. The first-order valence-corrected chi connectivity index (χ1v) is 12.4. The lowest BCUT2D eigenvalue weighted by atomic mass is 9.76. The van der Waals surface area contributed by atoms with Crippen LogP contribution in [0.5, 0.6) is 0 Å². The van der Waals surface area contributed by atoms with Crippen molar-refractivity contribution in [1.29, 1.82) is 5.26 Å². The van der Waals surface area contributed by atoms with E-state index in [-0.39, 0.29) is 0 Å². The van der Waals surface area contributed by atoms with Gasteiger partial charge < -0.3 is 0 Å². The smallest absolute Gasteiger partial charge is 0.193 e. The number of hydrogen-bond acceptors (Lipinski definition) is 1. The second-order valence-electron chi connectivity index (χ2n) is 9.78. The van der Waals surface area contributed by atoms with Gasteiger partial charge in [-0.15, -0.1) is 0 Å². The number of unbranched alkanes of at least 4 members (excludes halogenated alkanes) is 1. The molecule has 0 unspecified atom stereocenters. The van der Waals surface area contributed by atoms with Crippen molar-refractivity contribution in [3.63, 3.8) is 0 Å². The summed E-state index contributed by atoms with van der Waals surface area (Å²) in [5, 5.41) is 8.51. The standard InChI is InChI=1S/C28H36F3N/c29-28(30,31)27-19-17-26(18-20-27)25-15-13-24(14-16-25)8-4-3-7-23-11-9-22(10-12-23)6-2-1-5-21-32/h1-2,5-6,17-20,22-25H,3-4,7-16H2/t22-,23-,24-,25-. The summed E-state index contributed by atoms with van der Waals surface area (Å²) < 4.78 is 38.3. The molecule has 2 fully saturated rings. The number of benzene rings is 1. The van der Waals surface area contributed by atoms with Crippen LogP contribution in [-0.4, -0.2) is 0 Å². The van der Waals surface area contributed by atoms with E-state index in [0.717, 1.165) is 30.2 Å². The first-order chi connectivity index (χ1) is 15.5. The zero-order valence-electron chi connectivity index (χ0n) is 19.0. The SMILES string of the molecule is N#CC=CC=C[C@H]1CC[C@H](CCCC[C@H]2CC[C@H](c3ccc(C(F)(F)F)cc3)CC2)CC1. The Bertz CT molecular complexity index is 768. The van der Waals surface area contributed by atoms with Crippen molar-refractivity contribution in [3.05, 3.63) is 59.7 Å². The molecule has 1 aromatic carbocycles. The van der Waals surface area contributed by atoms with Crippen LogP contribution >= 0.6 is 0 Å². The number of alkyl halides is 3. The average molecular weight is 444 g/mol. The fourth-order valence-corrected chi connectivity index (χ4v) is 5.58. The molecule has 0 saturated heterocycles. The highest BCUT2D eigenvalue weighted by Crippen LogP contribution is 2.39. The van der Waals surface area contributed by atoms with E-state index in [2.05, 4.69) is 6.08 Å². The molecule has 0 spiro atoms. The van der Waals surface area contributed by atoms with Gasteiger partial charge in [0.25, 0.3) is 0 Å². The minimum Gasteiger partial charge on any atom is -0.193 e. The Morgan fingerprint density at radius 3 is 1.91 bits per heavy atom. The normalized spacial score (nSPS) is 27.1. The molecule has 0 aromatic heterocycles. The molecule has 0 aliphatic heterocycles. The van der Waals surface area contributed by atoms with Gasteiger partial charge in [0.2, 0.25) is 0 Å². The summed E-state index contributed by atoms with van der Waals surface area (Å²) >= 11 is 0. The van der Waals surface area contributed by atoms with Crippen molar-refractivity contribution in [2.24, 2.45) is 17.8 Å². The Morgan fingerprint density at radius 2 is 1.38 bits per heavy atom. The Balaban J connectivity index is 1.27. The Morgan fingerprint density at radius 1 is 0.812 bits per heavy atom. The average Bonchev–Trinajstić information content (AvgIpc) is 2.80. The van der Waals surface area contributed by atoms with E-state index < -0.39 is 11.7 Å². The van der Waals surface area contributed by atoms with Crippen LogP contribution in [0.15, 0.2) is 48.6 Å². The van der Waals surface area contributed by atoms with E-state index in [4.69, 9.17) is 5.26 Å². The molecule has 2 aliphatic rings. The van der Waals surface area contributed by atoms with Gasteiger partial charge in [0, 0.05) is 6.08 Å². The molecule has 174 valence electrons. The first-order valence-electron chi connectivity index (χ1n) is 12.4. The Hall–Kier alpha value is -2.02. The predicted molar refractivity (Wildman–Crippen MR) is 124 cm³/mol. The van der Waals surface area contributed by atoms with Crippen LogP contribution < -0.4 is 0 Å². The molecule has 32 heavy (non-hydrogen) atoms. The van der Waals surface area contributed by atoms with Gasteiger partial charge in [0.1, 0.15) is 0 Å². The topological polar surface area (TPSA) is 23.8 Å². The summed E-state index contributed by atoms with van der Waals surface area (Å²) in [6.07, 6.45) is 18.5. The molecule has 2 saturated carbocycles. The molecule has 0 N–H and O–H groups in total. The minimum absolute atomic E-state index is 0.424. The van der Waals surface area contributed by atoms with Crippen LogP contribution in [0.25, 0.3) is 0 Å². The molecule has 0 bridgehead atoms. The van der Waals surface area contributed by atoms with Crippen molar-refractivity contribution >= 4 is 0 Å². The Labute approximate surface area is 191 Å². The third-order valence-electron chi connectivity index (χ3n) is 7.59. The fourth-order valence-electron chi connectivity index (χ4n) is 5.58. The molecular weight excluding hydrogens is 407 g/mol. The second-order valence-corrected chi connectivity index (χ2v) is 9.78. The molecule has 0 atom stereocenters. The van der Waals surface area contributed by atoms with Gasteiger partial charge in [-0.2, -0.15) is 18.4 Å². The number of allylic oxidation sites excluding steroid dienone is 4. The Kier molecular flexibility index (Phi) is 9.45. The summed E-state index contributed by atoms with van der Waals surface area (Å²) in [5.41, 5.74) is 0.524. The van der Waals surface area contributed by atoms with E-state index in [1.165, 1.54) is 82.4 Å². The zero-order chi connectivity index (χ0) is 22.8. The molecule has 1 nitrogen and oxygen atoms in total. The van der Waals surface area contributed by atoms with Crippen LogP contribution in [0.1, 0.15) is 94.1 Å². The van der Waals surface area contributed by atoms with E-state index in [0.29, 0.717) is 11.8 Å². The van der Waals surface area contributed by atoms with Crippen molar-refractivity contribution in [3.8, 4) is 6.07 Å². The number of nitriles is 1. The van der Waals surface area contributed by atoms with Gasteiger partial charge in [0.05, 0.1) is 11.6 Å². The van der Waals surface area contributed by atoms with Crippen molar-refractivity contribution in [1.82, 2.24) is 0 Å². The quantitative estimate of drug-likeness (QED) is 0.223. The summed E-state index contributed by atoms with van der Waals surface area (Å²) in [4.78, 5) is 0. The minimum atomic E-state index is -4.25. The lowest BCUT2D eigenvalue weighted by molar-refractivity contribution is -0.137. The lowest BCUT2D eigenvalue weighted by Gasteiger charge is -2.29. The van der Waals surface area contributed by atoms with Crippen LogP contribution in [0.2, 0.25) is 0 Å². The highest BCUT2D eigenvalue weighted by Gasteiger charge is 2.30. The van der Waals surface area contributed by atoms with E-state index in [9.17, 15) is 13.2 Å². The highest BCUT2D eigenvalue weighted by atomic mass is 19.4. The van der Waals surface area contributed by atoms with E-state index >= 15 is 0 Å². The first kappa shape index (κ1) is 24.6. The summed E-state index contributed by atoms with van der Waals surface area (Å²) in [5.74, 6) is 2.77.